The molecule has 1 aliphatic rings. The van der Waals surface area contributed by atoms with Gasteiger partial charge in [0, 0.05) is 21.5 Å². The average Bonchev–Trinajstić information content (AvgIpc) is 3.72. The summed E-state index contributed by atoms with van der Waals surface area (Å²) in [5.74, 6) is 0. The molecular formula is C46H28O2. The maximum Gasteiger partial charge on any atom is 0.136 e. The highest BCUT2D eigenvalue weighted by Crippen LogP contribution is 2.46. The zero-order valence-corrected chi connectivity index (χ0v) is 26.1. The molecule has 8 aromatic carbocycles. The van der Waals surface area contributed by atoms with Gasteiger partial charge in [-0.2, -0.15) is 0 Å². The van der Waals surface area contributed by atoms with E-state index in [1.807, 2.05) is 12.1 Å². The number of benzene rings is 8. The normalized spacial score (nSPS) is 13.0. The van der Waals surface area contributed by atoms with Gasteiger partial charge in [0.15, 0.2) is 0 Å². The molecule has 0 radical (unpaired) electrons. The van der Waals surface area contributed by atoms with Crippen molar-refractivity contribution in [2.75, 3.05) is 0 Å². The molecule has 2 heteroatoms. The third-order valence-corrected chi connectivity index (χ3v) is 10.5. The Bertz CT molecular complexity index is 2950. The first-order valence-electron chi connectivity index (χ1n) is 16.7. The molecule has 0 saturated carbocycles. The van der Waals surface area contributed by atoms with Crippen molar-refractivity contribution in [2.24, 2.45) is 0 Å². The molecule has 48 heavy (non-hydrogen) atoms. The van der Waals surface area contributed by atoms with Crippen molar-refractivity contribution in [1.82, 2.24) is 0 Å². The summed E-state index contributed by atoms with van der Waals surface area (Å²) >= 11 is 0. The Labute approximate surface area is 276 Å². The second kappa shape index (κ2) is 9.70. The highest BCUT2D eigenvalue weighted by Gasteiger charge is 2.22. The van der Waals surface area contributed by atoms with Gasteiger partial charge in [-0.3, -0.25) is 0 Å². The smallest absolute Gasteiger partial charge is 0.136 e. The van der Waals surface area contributed by atoms with Gasteiger partial charge in [-0.05, 0) is 121 Å². The Morgan fingerprint density at radius 3 is 1.81 bits per heavy atom. The summed E-state index contributed by atoms with van der Waals surface area (Å²) < 4.78 is 12.5. The summed E-state index contributed by atoms with van der Waals surface area (Å²) in [5.41, 5.74) is 12.7. The molecule has 11 rings (SSSR count). The standard InChI is InChI=1S/C46H28O2/c1-3-16-34-32(14-1)43(33-15-2-4-17-35(33)44(34)30-22-23-40-38(26-30)31-13-5-6-19-39(31)47-40)28-11-7-10-27(24-28)37-25-29-12-8-20-41-45(29)46-36(37)18-9-21-42(46)48-41/h1-8,10-17,19-26H,9,18H2. The number of furan rings is 2. The Hall–Kier alpha value is -6.12. The van der Waals surface area contributed by atoms with Crippen LogP contribution in [0.2, 0.25) is 0 Å². The van der Waals surface area contributed by atoms with Crippen LogP contribution in [0.3, 0.4) is 0 Å². The zero-order valence-electron chi connectivity index (χ0n) is 26.1. The third-order valence-electron chi connectivity index (χ3n) is 10.5. The molecule has 0 N–H and O–H groups in total. The number of fused-ring (bicyclic) bond motifs is 5. The minimum atomic E-state index is 0.915. The first-order chi connectivity index (χ1) is 23.8. The molecule has 2 nitrogen and oxygen atoms in total. The van der Waals surface area contributed by atoms with E-state index in [0.29, 0.717) is 0 Å². The first kappa shape index (κ1) is 26.0. The van der Waals surface area contributed by atoms with Gasteiger partial charge < -0.3 is 8.83 Å². The Kier molecular flexibility index (Phi) is 5.25. The van der Waals surface area contributed by atoms with E-state index in [1.54, 1.807) is 0 Å². The summed E-state index contributed by atoms with van der Waals surface area (Å²) in [4.78, 5) is 0. The van der Waals surface area contributed by atoms with Gasteiger partial charge in [0.25, 0.3) is 0 Å². The fourth-order valence-electron chi connectivity index (χ4n) is 8.47. The molecule has 0 saturated heterocycles. The van der Waals surface area contributed by atoms with Crippen molar-refractivity contribution in [3.63, 3.8) is 0 Å². The summed E-state index contributed by atoms with van der Waals surface area (Å²) in [6.45, 7) is 0. The van der Waals surface area contributed by atoms with Crippen LogP contribution in [0.4, 0.5) is 0 Å². The first-order valence-corrected chi connectivity index (χ1v) is 16.7. The van der Waals surface area contributed by atoms with Gasteiger partial charge >= 0.3 is 0 Å². The Morgan fingerprint density at radius 1 is 0.417 bits per heavy atom. The lowest BCUT2D eigenvalue weighted by atomic mass is 9.84. The topological polar surface area (TPSA) is 26.3 Å². The fraction of sp³-hybridized carbons (Fsp3) is 0.0435. The lowest BCUT2D eigenvalue weighted by molar-refractivity contribution is 0.579. The molecule has 10 aromatic rings. The minimum absolute atomic E-state index is 0.915. The van der Waals surface area contributed by atoms with E-state index in [1.165, 1.54) is 76.6 Å². The summed E-state index contributed by atoms with van der Waals surface area (Å²) in [6, 6.07) is 50.7. The van der Waals surface area contributed by atoms with Crippen LogP contribution < -0.4 is 5.42 Å². The van der Waals surface area contributed by atoms with Crippen LogP contribution in [0.15, 0.2) is 148 Å². The van der Waals surface area contributed by atoms with Gasteiger partial charge in [-0.15, -0.1) is 0 Å². The zero-order chi connectivity index (χ0) is 31.3. The molecule has 0 fully saturated rings. The van der Waals surface area contributed by atoms with E-state index >= 15 is 0 Å². The molecule has 2 aromatic heterocycles. The number of para-hydroxylation sites is 1. The molecule has 2 heterocycles. The van der Waals surface area contributed by atoms with E-state index in [4.69, 9.17) is 8.83 Å². The highest BCUT2D eigenvalue weighted by molar-refractivity contribution is 6.22. The summed E-state index contributed by atoms with van der Waals surface area (Å²) in [7, 11) is 0. The van der Waals surface area contributed by atoms with Gasteiger partial charge in [-0.1, -0.05) is 103 Å². The second-order valence-electron chi connectivity index (χ2n) is 13.1. The minimum Gasteiger partial charge on any atom is -0.456 e. The SMILES string of the molecule is C1=c2oc3cccc4cc(-c5cccc(-c6c7ccccc7c(-c7ccc8oc9ccccc9c8c7)c7ccccc67)c5)c(c2c43)CC1. The predicted molar refractivity (Wildman–Crippen MR) is 200 cm³/mol. The van der Waals surface area contributed by atoms with Gasteiger partial charge in [-0.25, -0.2) is 0 Å². The number of hydrogen-bond donors (Lipinski definition) is 0. The van der Waals surface area contributed by atoms with Crippen LogP contribution >= 0.6 is 0 Å². The number of hydrogen-bond acceptors (Lipinski definition) is 2. The van der Waals surface area contributed by atoms with Crippen molar-refractivity contribution in [1.29, 1.82) is 0 Å². The lowest BCUT2D eigenvalue weighted by Gasteiger charge is -2.19. The van der Waals surface area contributed by atoms with Crippen LogP contribution in [0.5, 0.6) is 0 Å². The quantitative estimate of drug-likeness (QED) is 0.186. The molecule has 0 spiro atoms. The predicted octanol–water partition coefficient (Wildman–Crippen LogP) is 12.2. The van der Waals surface area contributed by atoms with E-state index in [9.17, 15) is 0 Å². The van der Waals surface area contributed by atoms with Crippen LogP contribution in [0.25, 0.3) is 105 Å². The van der Waals surface area contributed by atoms with E-state index in [2.05, 4.69) is 133 Å². The largest absolute Gasteiger partial charge is 0.456 e. The molecule has 0 aliphatic heterocycles. The van der Waals surface area contributed by atoms with Crippen molar-refractivity contribution in [3.8, 4) is 33.4 Å². The van der Waals surface area contributed by atoms with E-state index in [0.717, 1.165) is 45.8 Å². The molecule has 0 unspecified atom stereocenters. The number of aryl methyl sites for hydroxylation is 1. The third kappa shape index (κ3) is 3.57. The van der Waals surface area contributed by atoms with Crippen LogP contribution in [0, 0.1) is 0 Å². The molecule has 1 aliphatic carbocycles. The van der Waals surface area contributed by atoms with Crippen molar-refractivity contribution < 1.29 is 8.83 Å². The van der Waals surface area contributed by atoms with Gasteiger partial charge in [0.1, 0.15) is 22.2 Å². The Morgan fingerprint density at radius 2 is 1.04 bits per heavy atom. The van der Waals surface area contributed by atoms with Crippen LogP contribution in [-0.4, -0.2) is 0 Å². The summed E-state index contributed by atoms with van der Waals surface area (Å²) in [6.07, 6.45) is 4.27. The average molecular weight is 613 g/mol. The maximum absolute atomic E-state index is 6.33. The number of rotatable bonds is 3. The Balaban J connectivity index is 1.17. The fourth-order valence-corrected chi connectivity index (χ4v) is 8.47. The highest BCUT2D eigenvalue weighted by atomic mass is 16.3. The maximum atomic E-state index is 6.33. The van der Waals surface area contributed by atoms with Crippen molar-refractivity contribution in [3.05, 3.63) is 151 Å². The van der Waals surface area contributed by atoms with Crippen molar-refractivity contribution in [2.45, 2.75) is 12.8 Å². The lowest BCUT2D eigenvalue weighted by Crippen LogP contribution is -2.06. The monoisotopic (exact) mass is 612 g/mol. The molecule has 224 valence electrons. The van der Waals surface area contributed by atoms with Gasteiger partial charge in [0.2, 0.25) is 0 Å². The molecule has 0 amide bonds. The molecule has 0 bridgehead atoms. The van der Waals surface area contributed by atoms with E-state index in [-0.39, 0.29) is 0 Å². The van der Waals surface area contributed by atoms with Gasteiger partial charge in [0.05, 0.1) is 0 Å². The molecule has 0 atom stereocenters. The van der Waals surface area contributed by atoms with Crippen LogP contribution in [-0.2, 0) is 6.42 Å². The second-order valence-corrected chi connectivity index (χ2v) is 13.1. The van der Waals surface area contributed by atoms with Crippen molar-refractivity contribution >= 4 is 71.3 Å². The summed E-state index contributed by atoms with van der Waals surface area (Å²) in [5, 5.41) is 11.1. The molecular weight excluding hydrogens is 585 g/mol. The van der Waals surface area contributed by atoms with E-state index < -0.39 is 0 Å². The van der Waals surface area contributed by atoms with Crippen LogP contribution in [0.1, 0.15) is 12.0 Å².